The molecule has 0 spiro atoms. The largest absolute Gasteiger partial charge is 0.358 e. The quantitative estimate of drug-likeness (QED) is 0.752. The van der Waals surface area contributed by atoms with E-state index in [1.54, 1.807) is 4.90 Å². The molecule has 7 heteroatoms. The van der Waals surface area contributed by atoms with Crippen LogP contribution in [-0.2, 0) is 9.59 Å². The van der Waals surface area contributed by atoms with Gasteiger partial charge in [0.2, 0.25) is 11.8 Å². The Hall–Kier alpha value is -3.35. The maximum Gasteiger partial charge on any atom is 0.253 e. The number of hydrogen-bond donors (Lipinski definition) is 1. The van der Waals surface area contributed by atoms with Crippen molar-refractivity contribution in [3.05, 3.63) is 53.1 Å². The first-order chi connectivity index (χ1) is 16.4. The standard InChI is InChI=1S/C27H32N4O3/c1-18-8-10-21(19(2)15-18)28-25(32)17-31-24-16-20(26(33)29-12-5-6-13-29)9-11-22(24)30-14-4-3-7-23(30)27(31)34/h8-11,15-16,23H,3-7,12-14,17H2,1-2H3,(H,28,32)/t23-/m0/s1. The molecule has 2 saturated heterocycles. The van der Waals surface area contributed by atoms with Crippen LogP contribution in [0.1, 0.15) is 53.6 Å². The van der Waals surface area contributed by atoms with Crippen LogP contribution in [0.3, 0.4) is 0 Å². The van der Waals surface area contributed by atoms with E-state index in [0.717, 1.165) is 74.2 Å². The van der Waals surface area contributed by atoms with Crippen LogP contribution in [0.5, 0.6) is 0 Å². The maximum atomic E-state index is 13.6. The van der Waals surface area contributed by atoms with E-state index >= 15 is 0 Å². The fourth-order valence-corrected chi connectivity index (χ4v) is 5.44. The van der Waals surface area contributed by atoms with Gasteiger partial charge in [0, 0.05) is 30.9 Å². The summed E-state index contributed by atoms with van der Waals surface area (Å²) in [6.45, 7) is 6.24. The lowest BCUT2D eigenvalue weighted by Crippen LogP contribution is -2.56. The minimum Gasteiger partial charge on any atom is -0.358 e. The summed E-state index contributed by atoms with van der Waals surface area (Å²) in [6, 6.07) is 11.3. The normalized spacial score (nSPS) is 19.6. The van der Waals surface area contributed by atoms with E-state index in [0.29, 0.717) is 11.3 Å². The van der Waals surface area contributed by atoms with Crippen LogP contribution in [-0.4, -0.2) is 54.8 Å². The van der Waals surface area contributed by atoms with E-state index in [1.807, 2.05) is 55.1 Å². The number of hydrogen-bond acceptors (Lipinski definition) is 4. The Kier molecular flexibility index (Phi) is 6.02. The van der Waals surface area contributed by atoms with Crippen molar-refractivity contribution in [1.29, 1.82) is 0 Å². The first kappa shape index (κ1) is 22.4. The Morgan fingerprint density at radius 3 is 2.47 bits per heavy atom. The third-order valence-corrected chi connectivity index (χ3v) is 7.23. The van der Waals surface area contributed by atoms with E-state index in [1.165, 1.54) is 0 Å². The minimum absolute atomic E-state index is 0.00630. The fourth-order valence-electron chi connectivity index (χ4n) is 5.44. The average molecular weight is 461 g/mol. The lowest BCUT2D eigenvalue weighted by atomic mass is 9.95. The molecule has 7 nitrogen and oxygen atoms in total. The number of fused-ring (bicyclic) bond motifs is 3. The highest BCUT2D eigenvalue weighted by Crippen LogP contribution is 2.40. The zero-order chi connectivity index (χ0) is 23.8. The molecule has 0 aromatic heterocycles. The van der Waals surface area contributed by atoms with Crippen molar-refractivity contribution in [3.63, 3.8) is 0 Å². The average Bonchev–Trinajstić information content (AvgIpc) is 3.38. The number of anilines is 3. The molecule has 5 rings (SSSR count). The summed E-state index contributed by atoms with van der Waals surface area (Å²) in [5.74, 6) is -0.311. The van der Waals surface area contributed by atoms with Crippen LogP contribution in [0.4, 0.5) is 17.1 Å². The summed E-state index contributed by atoms with van der Waals surface area (Å²) in [7, 11) is 0. The molecule has 34 heavy (non-hydrogen) atoms. The van der Waals surface area contributed by atoms with E-state index < -0.39 is 0 Å². The van der Waals surface area contributed by atoms with Crippen LogP contribution in [0.25, 0.3) is 0 Å². The molecular weight excluding hydrogens is 428 g/mol. The fraction of sp³-hybridized carbons (Fsp3) is 0.444. The van der Waals surface area contributed by atoms with Gasteiger partial charge in [-0.15, -0.1) is 0 Å². The highest BCUT2D eigenvalue weighted by Gasteiger charge is 2.40. The maximum absolute atomic E-state index is 13.6. The molecule has 0 bridgehead atoms. The van der Waals surface area contributed by atoms with Gasteiger partial charge in [0.25, 0.3) is 5.91 Å². The Morgan fingerprint density at radius 2 is 1.71 bits per heavy atom. The first-order valence-electron chi connectivity index (χ1n) is 12.3. The summed E-state index contributed by atoms with van der Waals surface area (Å²) in [6.07, 6.45) is 4.86. The molecule has 1 N–H and O–H groups in total. The number of aryl methyl sites for hydroxylation is 2. The zero-order valence-corrected chi connectivity index (χ0v) is 20.0. The number of amides is 3. The van der Waals surface area contributed by atoms with Gasteiger partial charge in [0.1, 0.15) is 12.6 Å². The molecular formula is C27H32N4O3. The summed E-state index contributed by atoms with van der Waals surface area (Å²) in [5.41, 5.74) is 5.02. The van der Waals surface area contributed by atoms with Gasteiger partial charge in [0.15, 0.2) is 0 Å². The number of nitrogens with zero attached hydrogens (tertiary/aromatic N) is 3. The number of carbonyl (C=O) groups is 3. The minimum atomic E-state index is -0.254. The van der Waals surface area contributed by atoms with Gasteiger partial charge in [-0.3, -0.25) is 19.3 Å². The molecule has 0 aliphatic carbocycles. The van der Waals surface area contributed by atoms with Crippen molar-refractivity contribution in [2.75, 3.05) is 41.3 Å². The topological polar surface area (TPSA) is 73.0 Å². The van der Waals surface area contributed by atoms with Gasteiger partial charge in [-0.25, -0.2) is 0 Å². The molecule has 0 saturated carbocycles. The number of nitrogens with one attached hydrogen (secondary N) is 1. The first-order valence-corrected chi connectivity index (χ1v) is 12.3. The van der Waals surface area contributed by atoms with Crippen LogP contribution in [0, 0.1) is 13.8 Å². The molecule has 3 amide bonds. The lowest BCUT2D eigenvalue weighted by molar-refractivity contribution is -0.123. The van der Waals surface area contributed by atoms with Crippen LogP contribution in [0.2, 0.25) is 0 Å². The highest BCUT2D eigenvalue weighted by molar-refractivity contribution is 6.11. The van der Waals surface area contributed by atoms with Gasteiger partial charge >= 0.3 is 0 Å². The third-order valence-electron chi connectivity index (χ3n) is 7.23. The van der Waals surface area contributed by atoms with Crippen molar-refractivity contribution in [2.24, 2.45) is 0 Å². The van der Waals surface area contributed by atoms with Crippen LogP contribution in [0.15, 0.2) is 36.4 Å². The van der Waals surface area contributed by atoms with Crippen molar-refractivity contribution in [1.82, 2.24) is 4.90 Å². The molecule has 2 fully saturated rings. The molecule has 2 aromatic rings. The van der Waals surface area contributed by atoms with Crippen molar-refractivity contribution in [3.8, 4) is 0 Å². The van der Waals surface area contributed by atoms with E-state index in [4.69, 9.17) is 0 Å². The van der Waals surface area contributed by atoms with E-state index in [-0.39, 0.29) is 30.3 Å². The highest BCUT2D eigenvalue weighted by atomic mass is 16.2. The molecule has 0 unspecified atom stereocenters. The second-order valence-electron chi connectivity index (χ2n) is 9.70. The number of carbonyl (C=O) groups excluding carboxylic acids is 3. The van der Waals surface area contributed by atoms with E-state index in [2.05, 4.69) is 10.2 Å². The SMILES string of the molecule is Cc1ccc(NC(=O)CN2C(=O)[C@@H]3CCCCN3c3ccc(C(=O)N4CCCC4)cc32)c(C)c1. The Labute approximate surface area is 200 Å². The molecule has 3 heterocycles. The van der Waals surface area contributed by atoms with Gasteiger partial charge in [0.05, 0.1) is 11.4 Å². The zero-order valence-electron chi connectivity index (χ0n) is 20.0. The van der Waals surface area contributed by atoms with E-state index in [9.17, 15) is 14.4 Å². The molecule has 2 aromatic carbocycles. The number of likely N-dealkylation sites (tertiary alicyclic amines) is 1. The Morgan fingerprint density at radius 1 is 0.941 bits per heavy atom. The predicted molar refractivity (Wildman–Crippen MR) is 133 cm³/mol. The second kappa shape index (κ2) is 9.12. The van der Waals surface area contributed by atoms with Crippen molar-refractivity contribution >= 4 is 34.8 Å². The van der Waals surface area contributed by atoms with Crippen molar-refractivity contribution in [2.45, 2.75) is 52.0 Å². The molecule has 1 atom stereocenters. The van der Waals surface area contributed by atoms with Crippen molar-refractivity contribution < 1.29 is 14.4 Å². The summed E-state index contributed by atoms with van der Waals surface area (Å²) < 4.78 is 0. The molecule has 3 aliphatic heterocycles. The molecule has 0 radical (unpaired) electrons. The van der Waals surface area contributed by atoms with Gasteiger partial charge < -0.3 is 15.1 Å². The number of benzene rings is 2. The monoisotopic (exact) mass is 460 g/mol. The number of rotatable bonds is 4. The predicted octanol–water partition coefficient (Wildman–Crippen LogP) is 3.88. The Balaban J connectivity index is 1.45. The number of piperidine rings is 1. The summed E-state index contributed by atoms with van der Waals surface area (Å²) in [5, 5.41) is 2.97. The lowest BCUT2D eigenvalue weighted by Gasteiger charge is -2.45. The smallest absolute Gasteiger partial charge is 0.253 e. The summed E-state index contributed by atoms with van der Waals surface area (Å²) in [4.78, 5) is 45.3. The van der Waals surface area contributed by atoms with Crippen LogP contribution >= 0.6 is 0 Å². The summed E-state index contributed by atoms with van der Waals surface area (Å²) >= 11 is 0. The second-order valence-corrected chi connectivity index (χ2v) is 9.70. The Bertz CT molecular complexity index is 1140. The van der Waals surface area contributed by atoms with Gasteiger partial charge in [-0.1, -0.05) is 17.7 Å². The molecule has 3 aliphatic rings. The van der Waals surface area contributed by atoms with Gasteiger partial charge in [-0.2, -0.15) is 0 Å². The van der Waals surface area contributed by atoms with Crippen LogP contribution < -0.4 is 15.1 Å². The molecule has 178 valence electrons. The van der Waals surface area contributed by atoms with Gasteiger partial charge in [-0.05, 0) is 75.8 Å². The third kappa shape index (κ3) is 4.15.